The third kappa shape index (κ3) is 3.65. The summed E-state index contributed by atoms with van der Waals surface area (Å²) in [5, 5.41) is 3.81. The van der Waals surface area contributed by atoms with Crippen LogP contribution in [0, 0.1) is 6.92 Å². The zero-order valence-corrected chi connectivity index (χ0v) is 13.6. The van der Waals surface area contributed by atoms with Crippen molar-refractivity contribution in [3.8, 4) is 5.75 Å². The van der Waals surface area contributed by atoms with Gasteiger partial charge < -0.3 is 15.0 Å². The smallest absolute Gasteiger partial charge is 0.233 e. The maximum Gasteiger partial charge on any atom is 0.233 e. The van der Waals surface area contributed by atoms with E-state index >= 15 is 0 Å². The van der Waals surface area contributed by atoms with Gasteiger partial charge in [-0.3, -0.25) is 0 Å². The first-order chi connectivity index (χ1) is 9.90. The van der Waals surface area contributed by atoms with Crippen LogP contribution in [0.5, 0.6) is 5.75 Å². The van der Waals surface area contributed by atoms with Crippen LogP contribution < -0.4 is 15.0 Å². The van der Waals surface area contributed by atoms with E-state index < -0.39 is 0 Å². The normalized spacial score (nSPS) is 10.4. The summed E-state index contributed by atoms with van der Waals surface area (Å²) in [6.45, 7) is 1.90. The van der Waals surface area contributed by atoms with Crippen molar-refractivity contribution >= 4 is 40.8 Å². The Bertz CT molecular complexity index is 663. The van der Waals surface area contributed by atoms with Gasteiger partial charge in [-0.15, -0.1) is 0 Å². The van der Waals surface area contributed by atoms with Gasteiger partial charge in [0.1, 0.15) is 5.75 Å². The summed E-state index contributed by atoms with van der Waals surface area (Å²) in [6.07, 6.45) is 0. The highest BCUT2D eigenvalue weighted by atomic mass is 35.5. The van der Waals surface area contributed by atoms with Crippen LogP contribution in [0.2, 0.25) is 10.3 Å². The van der Waals surface area contributed by atoms with E-state index in [1.54, 1.807) is 18.1 Å². The van der Waals surface area contributed by atoms with Gasteiger partial charge in [-0.1, -0.05) is 11.6 Å². The molecule has 2 aromatic rings. The van der Waals surface area contributed by atoms with Gasteiger partial charge in [0.15, 0.2) is 0 Å². The Hall–Kier alpha value is -1.79. The summed E-state index contributed by atoms with van der Waals surface area (Å²) >= 11 is 12.0. The van der Waals surface area contributed by atoms with Gasteiger partial charge in [0.2, 0.25) is 17.2 Å². The lowest BCUT2D eigenvalue weighted by Crippen LogP contribution is -2.14. The van der Waals surface area contributed by atoms with Crippen LogP contribution in [0.1, 0.15) is 5.56 Å². The Kier molecular flexibility index (Phi) is 4.69. The predicted octanol–water partition coefficient (Wildman–Crippen LogP) is 3.31. The molecule has 6 nitrogen and oxygen atoms in total. The molecule has 112 valence electrons. The predicted molar refractivity (Wildman–Crippen MR) is 85.2 cm³/mol. The molecule has 0 saturated heterocycles. The fourth-order valence-electron chi connectivity index (χ4n) is 1.65. The number of methoxy groups -OCH3 is 1. The lowest BCUT2D eigenvalue weighted by molar-refractivity contribution is 0.416. The van der Waals surface area contributed by atoms with Gasteiger partial charge in [0.05, 0.1) is 12.8 Å². The van der Waals surface area contributed by atoms with Crippen molar-refractivity contribution in [3.05, 3.63) is 28.0 Å². The minimum absolute atomic E-state index is 0.112. The lowest BCUT2D eigenvalue weighted by Gasteiger charge is -2.14. The summed E-state index contributed by atoms with van der Waals surface area (Å²) in [5.41, 5.74) is 1.61. The van der Waals surface area contributed by atoms with Gasteiger partial charge in [-0.25, -0.2) is 0 Å². The highest BCUT2D eigenvalue weighted by molar-refractivity contribution is 6.31. The lowest BCUT2D eigenvalue weighted by atomic mass is 10.2. The van der Waals surface area contributed by atoms with Crippen molar-refractivity contribution in [1.29, 1.82) is 0 Å². The van der Waals surface area contributed by atoms with Crippen LogP contribution in [-0.2, 0) is 0 Å². The zero-order chi connectivity index (χ0) is 15.6. The molecule has 21 heavy (non-hydrogen) atoms. The van der Waals surface area contributed by atoms with E-state index in [9.17, 15) is 0 Å². The number of hydrogen-bond acceptors (Lipinski definition) is 6. The number of halogens is 2. The van der Waals surface area contributed by atoms with Crippen LogP contribution in [0.15, 0.2) is 12.1 Å². The third-order valence-corrected chi connectivity index (χ3v) is 3.30. The molecule has 0 fully saturated rings. The van der Waals surface area contributed by atoms with Gasteiger partial charge in [0.25, 0.3) is 0 Å². The molecule has 0 radical (unpaired) electrons. The maximum atomic E-state index is 6.08. The number of hydrogen-bond donors (Lipinski definition) is 1. The first-order valence-electron chi connectivity index (χ1n) is 6.10. The summed E-state index contributed by atoms with van der Waals surface area (Å²) in [6, 6.07) is 3.59. The van der Waals surface area contributed by atoms with E-state index in [1.165, 1.54) is 0 Å². The molecule has 0 atom stereocenters. The van der Waals surface area contributed by atoms with Crippen molar-refractivity contribution in [2.45, 2.75) is 6.92 Å². The van der Waals surface area contributed by atoms with E-state index in [-0.39, 0.29) is 5.28 Å². The molecule has 0 amide bonds. The quantitative estimate of drug-likeness (QED) is 0.929. The maximum absolute atomic E-state index is 6.08. The Morgan fingerprint density at radius 2 is 1.86 bits per heavy atom. The molecule has 2 rings (SSSR count). The molecule has 1 aromatic heterocycles. The number of anilines is 3. The molecule has 8 heteroatoms. The number of aromatic nitrogens is 3. The fourth-order valence-corrected chi connectivity index (χ4v) is 1.96. The average Bonchev–Trinajstić information content (AvgIpc) is 2.42. The zero-order valence-electron chi connectivity index (χ0n) is 12.1. The highest BCUT2D eigenvalue weighted by Gasteiger charge is 2.11. The Morgan fingerprint density at radius 3 is 2.48 bits per heavy atom. The number of nitrogens with one attached hydrogen (secondary N) is 1. The van der Waals surface area contributed by atoms with Crippen molar-refractivity contribution < 1.29 is 4.74 Å². The summed E-state index contributed by atoms with van der Waals surface area (Å²) < 4.78 is 5.30. The summed E-state index contributed by atoms with van der Waals surface area (Å²) in [7, 11) is 5.21. The van der Waals surface area contributed by atoms with Gasteiger partial charge >= 0.3 is 0 Å². The second-order valence-electron chi connectivity index (χ2n) is 4.55. The average molecular weight is 328 g/mol. The van der Waals surface area contributed by atoms with Crippen molar-refractivity contribution in [3.63, 3.8) is 0 Å². The standard InChI is InChI=1S/C13H15Cl2N5O/c1-7-5-9(10(21-4)6-8(7)14)16-12-17-11(15)18-13(19-12)20(2)3/h5-6H,1-4H3,(H,16,17,18,19). The van der Waals surface area contributed by atoms with Crippen LogP contribution in [-0.4, -0.2) is 36.2 Å². The molecule has 0 unspecified atom stereocenters. The van der Waals surface area contributed by atoms with Gasteiger partial charge in [-0.05, 0) is 30.2 Å². The van der Waals surface area contributed by atoms with Crippen LogP contribution in [0.25, 0.3) is 0 Å². The minimum Gasteiger partial charge on any atom is -0.495 e. The third-order valence-electron chi connectivity index (χ3n) is 2.72. The van der Waals surface area contributed by atoms with Crippen LogP contribution in [0.4, 0.5) is 17.6 Å². The highest BCUT2D eigenvalue weighted by Crippen LogP contribution is 2.32. The molecule has 0 saturated carbocycles. The Labute approximate surface area is 133 Å². The van der Waals surface area contributed by atoms with Gasteiger partial charge in [-0.2, -0.15) is 15.0 Å². The van der Waals surface area contributed by atoms with Crippen LogP contribution in [0.3, 0.4) is 0 Å². The topological polar surface area (TPSA) is 63.2 Å². The number of aryl methyl sites for hydroxylation is 1. The molecule has 1 aromatic carbocycles. The number of benzene rings is 1. The molecular formula is C13H15Cl2N5O. The second kappa shape index (κ2) is 6.32. The molecule has 1 N–H and O–H groups in total. The molecule has 0 spiro atoms. The monoisotopic (exact) mass is 327 g/mol. The molecular weight excluding hydrogens is 313 g/mol. The van der Waals surface area contributed by atoms with E-state index in [4.69, 9.17) is 27.9 Å². The molecule has 0 aliphatic heterocycles. The molecule has 0 aliphatic carbocycles. The number of ether oxygens (including phenoxy) is 1. The van der Waals surface area contributed by atoms with Crippen LogP contribution >= 0.6 is 23.2 Å². The Balaban J connectivity index is 2.40. The largest absolute Gasteiger partial charge is 0.495 e. The van der Waals surface area contributed by atoms with E-state index in [1.807, 2.05) is 27.1 Å². The SMILES string of the molecule is COc1cc(Cl)c(C)cc1Nc1nc(Cl)nc(N(C)C)n1. The molecule has 1 heterocycles. The first kappa shape index (κ1) is 15.6. The number of nitrogens with zero attached hydrogens (tertiary/aromatic N) is 4. The summed E-state index contributed by atoms with van der Waals surface area (Å²) in [4.78, 5) is 14.1. The molecule has 0 aliphatic rings. The second-order valence-corrected chi connectivity index (χ2v) is 5.29. The van der Waals surface area contributed by atoms with Crippen molar-refractivity contribution in [2.24, 2.45) is 0 Å². The van der Waals surface area contributed by atoms with E-state index in [0.717, 1.165) is 5.56 Å². The minimum atomic E-state index is 0.112. The number of rotatable bonds is 4. The first-order valence-corrected chi connectivity index (χ1v) is 6.86. The Morgan fingerprint density at radius 1 is 1.14 bits per heavy atom. The van der Waals surface area contributed by atoms with Crippen molar-refractivity contribution in [1.82, 2.24) is 15.0 Å². The van der Waals surface area contributed by atoms with E-state index in [2.05, 4.69) is 20.3 Å². The van der Waals surface area contributed by atoms with Gasteiger partial charge in [0, 0.05) is 25.2 Å². The van der Waals surface area contributed by atoms with E-state index in [0.29, 0.717) is 28.4 Å². The summed E-state index contributed by atoms with van der Waals surface area (Å²) in [5.74, 6) is 1.38. The fraction of sp³-hybridized carbons (Fsp3) is 0.308. The van der Waals surface area contributed by atoms with Crippen molar-refractivity contribution in [2.75, 3.05) is 31.4 Å². The molecule has 0 bridgehead atoms.